The molecule has 158 valence electrons. The van der Waals surface area contributed by atoms with Crippen LogP contribution in [0.2, 0.25) is 0 Å². The highest BCUT2D eigenvalue weighted by atomic mass is 16.6. The van der Waals surface area contributed by atoms with Crippen LogP contribution in [-0.4, -0.2) is 21.9 Å². The van der Waals surface area contributed by atoms with Crippen molar-refractivity contribution in [2.75, 3.05) is 0 Å². The predicted molar refractivity (Wildman–Crippen MR) is 131 cm³/mol. The van der Waals surface area contributed by atoms with Crippen molar-refractivity contribution in [1.82, 2.24) is 4.98 Å². The van der Waals surface area contributed by atoms with Gasteiger partial charge >= 0.3 is 0 Å². The summed E-state index contributed by atoms with van der Waals surface area (Å²) in [5, 5.41) is 5.54. The number of pyridine rings is 1. The number of hydrogen-bond acceptors (Lipinski definition) is 4. The maximum atomic E-state index is 5.67. The van der Waals surface area contributed by atoms with E-state index < -0.39 is 0 Å². The first-order valence-corrected chi connectivity index (χ1v) is 10.8. The van der Waals surface area contributed by atoms with E-state index in [1.54, 1.807) is 0 Å². The van der Waals surface area contributed by atoms with Crippen LogP contribution >= 0.6 is 0 Å². The molecule has 0 N–H and O–H groups in total. The maximum Gasteiger partial charge on any atom is 0.157 e. The summed E-state index contributed by atoms with van der Waals surface area (Å²) in [6.45, 7) is 6.34. The minimum atomic E-state index is -0.231. The predicted octanol–water partition coefficient (Wildman–Crippen LogP) is 6.21. The number of aliphatic imine (C=N–C) groups is 1. The maximum absolute atomic E-state index is 5.67. The molecule has 2 heterocycles. The third-order valence-corrected chi connectivity index (χ3v) is 5.74. The second-order valence-corrected chi connectivity index (χ2v) is 8.78. The molecule has 4 nitrogen and oxygen atoms in total. The van der Waals surface area contributed by atoms with Gasteiger partial charge in [-0.3, -0.25) is 9.98 Å². The first-order chi connectivity index (χ1) is 15.5. The summed E-state index contributed by atoms with van der Waals surface area (Å²) in [5.74, 6) is 0.724. The number of fused-ring (bicyclic) bond motifs is 2. The molecule has 0 saturated carbocycles. The van der Waals surface area contributed by atoms with Crippen LogP contribution in [-0.2, 0) is 6.42 Å². The second-order valence-electron chi connectivity index (χ2n) is 8.78. The van der Waals surface area contributed by atoms with Gasteiger partial charge in [-0.15, -0.1) is 0 Å². The Bertz CT molecular complexity index is 1350. The van der Waals surface area contributed by atoms with Gasteiger partial charge in [-0.05, 0) is 57.0 Å². The van der Waals surface area contributed by atoms with E-state index in [0.717, 1.165) is 51.2 Å². The number of nitrogens with zero attached hydrogens (tertiary/aromatic N) is 3. The molecule has 1 aliphatic rings. The zero-order valence-corrected chi connectivity index (χ0v) is 18.5. The summed E-state index contributed by atoms with van der Waals surface area (Å²) >= 11 is 0. The third kappa shape index (κ3) is 3.92. The zero-order chi connectivity index (χ0) is 22.1. The second kappa shape index (κ2) is 8.04. The van der Waals surface area contributed by atoms with Crippen LogP contribution in [0.4, 0.5) is 0 Å². The molecule has 4 aromatic rings. The van der Waals surface area contributed by atoms with Gasteiger partial charge in [0.05, 0.1) is 22.5 Å². The van der Waals surface area contributed by atoms with Crippen molar-refractivity contribution < 1.29 is 4.84 Å². The Morgan fingerprint density at radius 3 is 2.56 bits per heavy atom. The van der Waals surface area contributed by atoms with Crippen molar-refractivity contribution in [2.45, 2.75) is 32.7 Å². The Balaban J connectivity index is 1.58. The fraction of sp³-hybridized carbons (Fsp3) is 0.179. The summed E-state index contributed by atoms with van der Waals surface area (Å²) in [5.41, 5.74) is 7.08. The van der Waals surface area contributed by atoms with Crippen molar-refractivity contribution in [2.24, 2.45) is 10.1 Å². The molecule has 32 heavy (non-hydrogen) atoms. The number of oxime groups is 1. The molecule has 0 radical (unpaired) electrons. The van der Waals surface area contributed by atoms with Crippen molar-refractivity contribution in [3.63, 3.8) is 0 Å². The van der Waals surface area contributed by atoms with Crippen molar-refractivity contribution in [1.29, 1.82) is 0 Å². The summed E-state index contributed by atoms with van der Waals surface area (Å²) in [6.07, 6.45) is 2.76. The molecule has 1 aliphatic heterocycles. The molecule has 1 aromatic heterocycles. The lowest BCUT2D eigenvalue weighted by atomic mass is 9.82. The van der Waals surface area contributed by atoms with Crippen LogP contribution in [0.15, 0.2) is 95.2 Å². The Labute approximate surface area is 188 Å². The Morgan fingerprint density at radius 1 is 0.938 bits per heavy atom. The standard InChI is InChI=1S/C28H25N3O/c1-19(31-32-22-11-5-4-6-12-22)23-13-9-14-24-25(23)17-28(2,3)30-27(24)21-16-20-10-7-8-15-26(20)29-18-21/h4-16,18H,17H2,1-3H3. The van der Waals surface area contributed by atoms with Gasteiger partial charge in [-0.25, -0.2) is 0 Å². The SMILES string of the molecule is CC(=NOc1ccccc1)c1cccc2c1CC(C)(C)N=C2c1cnc2ccccc2c1. The molecule has 4 heteroatoms. The molecule has 0 fully saturated rings. The molecule has 0 unspecified atom stereocenters. The smallest absolute Gasteiger partial charge is 0.157 e. The first kappa shape index (κ1) is 20.1. The average molecular weight is 420 g/mol. The average Bonchev–Trinajstić information content (AvgIpc) is 2.81. The summed E-state index contributed by atoms with van der Waals surface area (Å²) in [4.78, 5) is 15.5. The van der Waals surface area contributed by atoms with Crippen molar-refractivity contribution in [3.05, 3.63) is 107 Å². The molecule has 5 rings (SSSR count). The van der Waals surface area contributed by atoms with E-state index in [0.29, 0.717) is 0 Å². The molecular weight excluding hydrogens is 394 g/mol. The highest BCUT2D eigenvalue weighted by Crippen LogP contribution is 2.32. The van der Waals surface area contributed by atoms with Gasteiger partial charge in [0.1, 0.15) is 0 Å². The molecule has 0 atom stereocenters. The minimum absolute atomic E-state index is 0.231. The van der Waals surface area contributed by atoms with Crippen LogP contribution in [0, 0.1) is 0 Å². The van der Waals surface area contributed by atoms with Crippen LogP contribution in [0.25, 0.3) is 10.9 Å². The molecule has 0 spiro atoms. The fourth-order valence-electron chi connectivity index (χ4n) is 4.25. The number of aromatic nitrogens is 1. The van der Waals surface area contributed by atoms with E-state index in [9.17, 15) is 0 Å². The van der Waals surface area contributed by atoms with Gasteiger partial charge in [0.15, 0.2) is 5.75 Å². The monoisotopic (exact) mass is 419 g/mol. The van der Waals surface area contributed by atoms with Gasteiger partial charge in [-0.1, -0.05) is 59.8 Å². The lowest BCUT2D eigenvalue weighted by Crippen LogP contribution is -2.31. The van der Waals surface area contributed by atoms with Gasteiger partial charge in [0, 0.05) is 28.3 Å². The molecular formula is C28H25N3O. The zero-order valence-electron chi connectivity index (χ0n) is 18.5. The minimum Gasteiger partial charge on any atom is -0.357 e. The summed E-state index contributed by atoms with van der Waals surface area (Å²) in [6, 6.07) is 26.3. The van der Waals surface area contributed by atoms with Gasteiger partial charge in [0.2, 0.25) is 0 Å². The third-order valence-electron chi connectivity index (χ3n) is 5.74. The number of hydrogen-bond donors (Lipinski definition) is 0. The lowest BCUT2D eigenvalue weighted by molar-refractivity contribution is 0.341. The molecule has 0 saturated heterocycles. The van der Waals surface area contributed by atoms with Crippen molar-refractivity contribution >= 4 is 22.3 Å². The number of rotatable bonds is 4. The molecule has 0 aliphatic carbocycles. The highest BCUT2D eigenvalue weighted by Gasteiger charge is 2.30. The Hall–Kier alpha value is -3.79. The lowest BCUT2D eigenvalue weighted by Gasteiger charge is -2.30. The van der Waals surface area contributed by atoms with Gasteiger partial charge in [-0.2, -0.15) is 0 Å². The van der Waals surface area contributed by atoms with Crippen LogP contribution < -0.4 is 4.84 Å². The van der Waals surface area contributed by atoms with Crippen molar-refractivity contribution in [3.8, 4) is 5.75 Å². The number of benzene rings is 3. The normalized spacial score (nSPS) is 15.2. The van der Waals surface area contributed by atoms with E-state index in [1.165, 1.54) is 5.56 Å². The number of para-hydroxylation sites is 2. The highest BCUT2D eigenvalue weighted by molar-refractivity contribution is 6.17. The van der Waals surface area contributed by atoms with E-state index >= 15 is 0 Å². The summed E-state index contributed by atoms with van der Waals surface area (Å²) < 4.78 is 0. The largest absolute Gasteiger partial charge is 0.357 e. The van der Waals surface area contributed by atoms with E-state index in [-0.39, 0.29) is 5.54 Å². The molecule has 0 amide bonds. The first-order valence-electron chi connectivity index (χ1n) is 10.8. The van der Waals surface area contributed by atoms with E-state index in [1.807, 2.05) is 61.7 Å². The van der Waals surface area contributed by atoms with E-state index in [2.05, 4.69) is 54.3 Å². The van der Waals surface area contributed by atoms with Crippen LogP contribution in [0.5, 0.6) is 5.75 Å². The summed E-state index contributed by atoms with van der Waals surface area (Å²) in [7, 11) is 0. The van der Waals surface area contributed by atoms with Crippen LogP contribution in [0.1, 0.15) is 43.0 Å². The quantitative estimate of drug-likeness (QED) is 0.292. The molecule has 0 bridgehead atoms. The van der Waals surface area contributed by atoms with Crippen LogP contribution in [0.3, 0.4) is 0 Å². The Kier molecular flexibility index (Phi) is 5.06. The fourth-order valence-corrected chi connectivity index (χ4v) is 4.25. The molecule has 3 aromatic carbocycles. The Morgan fingerprint density at radius 2 is 1.72 bits per heavy atom. The van der Waals surface area contributed by atoms with Gasteiger partial charge in [0.25, 0.3) is 0 Å². The van der Waals surface area contributed by atoms with E-state index in [4.69, 9.17) is 9.83 Å². The van der Waals surface area contributed by atoms with Gasteiger partial charge < -0.3 is 4.84 Å². The topological polar surface area (TPSA) is 46.8 Å².